The Labute approximate surface area is 196 Å². The Bertz CT molecular complexity index is 944. The van der Waals surface area contributed by atoms with E-state index in [1.165, 1.54) is 39.0 Å². The molecule has 0 saturated carbocycles. The molecule has 182 valence electrons. The first-order chi connectivity index (χ1) is 16.1. The summed E-state index contributed by atoms with van der Waals surface area (Å²) in [5, 5.41) is 0.436. The molecule has 6 nitrogen and oxygen atoms in total. The predicted octanol–water partition coefficient (Wildman–Crippen LogP) is 6.97. The van der Waals surface area contributed by atoms with Crippen molar-refractivity contribution in [2.45, 2.75) is 85.0 Å². The molecule has 0 saturated heterocycles. The van der Waals surface area contributed by atoms with Gasteiger partial charge in [0.05, 0.1) is 13.2 Å². The fourth-order valence-corrected chi connectivity index (χ4v) is 3.60. The minimum Gasteiger partial charge on any atom is -0.489 e. The highest BCUT2D eigenvalue weighted by Crippen LogP contribution is 2.39. The van der Waals surface area contributed by atoms with Crippen LogP contribution in [0.1, 0.15) is 85.0 Å². The largest absolute Gasteiger partial charge is 0.489 e. The number of esters is 1. The molecule has 1 aromatic carbocycles. The minimum atomic E-state index is -0.604. The summed E-state index contributed by atoms with van der Waals surface area (Å²) in [7, 11) is 0. The van der Waals surface area contributed by atoms with Crippen LogP contribution in [-0.2, 0) is 4.79 Å². The molecule has 2 aromatic rings. The number of carbonyl (C=O) groups excluding carboxylic acids is 1. The van der Waals surface area contributed by atoms with E-state index in [2.05, 4.69) is 13.8 Å². The molecule has 0 N–H and O–H groups in total. The van der Waals surface area contributed by atoms with Gasteiger partial charge in [0.2, 0.25) is 5.75 Å². The third kappa shape index (κ3) is 8.95. The molecule has 0 fully saturated rings. The molecule has 33 heavy (non-hydrogen) atoms. The zero-order valence-electron chi connectivity index (χ0n) is 20.3. The number of hydrogen-bond donors (Lipinski definition) is 0. The second-order valence-electron chi connectivity index (χ2n) is 8.11. The van der Waals surface area contributed by atoms with Crippen LogP contribution in [0.2, 0.25) is 0 Å². The molecule has 0 spiro atoms. The second-order valence-corrected chi connectivity index (χ2v) is 8.11. The molecular formula is C27H38O6. The summed E-state index contributed by atoms with van der Waals surface area (Å²) in [6, 6.07) is 4.98. The molecule has 1 heterocycles. The van der Waals surface area contributed by atoms with E-state index in [0.717, 1.165) is 25.7 Å². The van der Waals surface area contributed by atoms with Gasteiger partial charge in [-0.25, -0.2) is 4.79 Å². The van der Waals surface area contributed by atoms with Gasteiger partial charge in [0.15, 0.2) is 5.75 Å². The standard InChI is InChI=1S/C27H38O6/c1-4-6-8-10-11-12-13-15-19-30-25-24-22(32-21(3)28)17-16-18-23(24)33-27(29)26(25)31-20-14-9-7-5-2/h7,9,16-18H,4-6,8,10-15,19-20H2,1-3H3. The van der Waals surface area contributed by atoms with Crippen molar-refractivity contribution in [1.29, 1.82) is 0 Å². The summed E-state index contributed by atoms with van der Waals surface area (Å²) in [5.74, 6) is 0.118. The lowest BCUT2D eigenvalue weighted by atomic mass is 10.1. The number of unbranched alkanes of at least 4 members (excludes halogenated alkanes) is 7. The number of fused-ring (bicyclic) bond motifs is 1. The molecular weight excluding hydrogens is 420 g/mol. The van der Waals surface area contributed by atoms with E-state index < -0.39 is 11.6 Å². The van der Waals surface area contributed by atoms with Crippen molar-refractivity contribution in [2.75, 3.05) is 13.2 Å². The topological polar surface area (TPSA) is 75.0 Å². The SMILES string of the molecule is CCC=CCCOc1c(OCCCCCCCCCC)c2c(OC(C)=O)cccc2oc1=O. The van der Waals surface area contributed by atoms with E-state index in [0.29, 0.717) is 30.6 Å². The maximum atomic E-state index is 12.7. The average Bonchev–Trinajstić information content (AvgIpc) is 2.78. The Morgan fingerprint density at radius 1 is 0.909 bits per heavy atom. The first-order valence-electron chi connectivity index (χ1n) is 12.3. The highest BCUT2D eigenvalue weighted by molar-refractivity contribution is 5.93. The van der Waals surface area contributed by atoms with Crippen LogP contribution in [0.15, 0.2) is 39.6 Å². The van der Waals surface area contributed by atoms with Crippen molar-refractivity contribution in [1.82, 2.24) is 0 Å². The van der Waals surface area contributed by atoms with Gasteiger partial charge in [-0.2, -0.15) is 0 Å². The number of rotatable bonds is 16. The highest BCUT2D eigenvalue weighted by atomic mass is 16.5. The van der Waals surface area contributed by atoms with E-state index >= 15 is 0 Å². The number of ether oxygens (including phenoxy) is 3. The van der Waals surface area contributed by atoms with E-state index in [4.69, 9.17) is 18.6 Å². The van der Waals surface area contributed by atoms with Crippen LogP contribution in [0.25, 0.3) is 11.0 Å². The summed E-state index contributed by atoms with van der Waals surface area (Å²) < 4.78 is 22.7. The van der Waals surface area contributed by atoms with Crippen molar-refractivity contribution in [3.8, 4) is 17.2 Å². The van der Waals surface area contributed by atoms with E-state index in [9.17, 15) is 9.59 Å². The van der Waals surface area contributed by atoms with Crippen LogP contribution < -0.4 is 19.8 Å². The van der Waals surface area contributed by atoms with E-state index in [-0.39, 0.29) is 17.2 Å². The number of allylic oxidation sites excluding steroid dienone is 1. The van der Waals surface area contributed by atoms with Crippen molar-refractivity contribution in [3.05, 3.63) is 40.8 Å². The van der Waals surface area contributed by atoms with Gasteiger partial charge < -0.3 is 18.6 Å². The summed E-state index contributed by atoms with van der Waals surface area (Å²) >= 11 is 0. The van der Waals surface area contributed by atoms with Crippen LogP contribution in [-0.4, -0.2) is 19.2 Å². The van der Waals surface area contributed by atoms with Gasteiger partial charge >= 0.3 is 11.6 Å². The molecule has 0 aliphatic carbocycles. The second kappa shape index (κ2) is 15.1. The average molecular weight is 459 g/mol. The third-order valence-electron chi connectivity index (χ3n) is 5.24. The van der Waals surface area contributed by atoms with Crippen molar-refractivity contribution in [2.24, 2.45) is 0 Å². The molecule has 0 aliphatic rings. The lowest BCUT2D eigenvalue weighted by Crippen LogP contribution is -2.12. The van der Waals surface area contributed by atoms with Crippen molar-refractivity contribution in [3.63, 3.8) is 0 Å². The first kappa shape index (κ1) is 26.5. The van der Waals surface area contributed by atoms with Gasteiger partial charge in [-0.05, 0) is 31.4 Å². The normalized spacial score (nSPS) is 11.2. The van der Waals surface area contributed by atoms with Gasteiger partial charge in [-0.1, -0.05) is 77.0 Å². The van der Waals surface area contributed by atoms with Crippen LogP contribution in [0, 0.1) is 0 Å². The van der Waals surface area contributed by atoms with Gasteiger partial charge in [0, 0.05) is 6.92 Å². The molecule has 0 amide bonds. The summed E-state index contributed by atoms with van der Waals surface area (Å²) in [6.07, 6.45) is 15.1. The molecule has 1 aromatic heterocycles. The lowest BCUT2D eigenvalue weighted by molar-refractivity contribution is -0.131. The summed E-state index contributed by atoms with van der Waals surface area (Å²) in [6.45, 7) is 6.36. The first-order valence-corrected chi connectivity index (χ1v) is 12.3. The Balaban J connectivity index is 2.17. The predicted molar refractivity (Wildman–Crippen MR) is 131 cm³/mol. The quantitative estimate of drug-likeness (QED) is 0.0888. The smallest absolute Gasteiger partial charge is 0.383 e. The fraction of sp³-hybridized carbons (Fsp3) is 0.556. The van der Waals surface area contributed by atoms with Gasteiger partial charge in [-0.15, -0.1) is 0 Å². The maximum absolute atomic E-state index is 12.7. The van der Waals surface area contributed by atoms with Crippen LogP contribution in [0.4, 0.5) is 0 Å². The molecule has 0 atom stereocenters. The Kier molecular flexibility index (Phi) is 12.2. The number of benzene rings is 1. The fourth-order valence-electron chi connectivity index (χ4n) is 3.60. The van der Waals surface area contributed by atoms with Gasteiger partial charge in [0.25, 0.3) is 0 Å². The Hall–Kier alpha value is -2.76. The zero-order chi connectivity index (χ0) is 23.9. The lowest BCUT2D eigenvalue weighted by Gasteiger charge is -2.15. The summed E-state index contributed by atoms with van der Waals surface area (Å²) in [5.41, 5.74) is -0.309. The molecule has 0 aliphatic heterocycles. The van der Waals surface area contributed by atoms with Gasteiger partial charge in [0.1, 0.15) is 16.7 Å². The van der Waals surface area contributed by atoms with Crippen LogP contribution in [0.5, 0.6) is 17.2 Å². The zero-order valence-corrected chi connectivity index (χ0v) is 20.3. The van der Waals surface area contributed by atoms with E-state index in [1.807, 2.05) is 12.2 Å². The molecule has 0 bridgehead atoms. The maximum Gasteiger partial charge on any atom is 0.383 e. The number of hydrogen-bond acceptors (Lipinski definition) is 6. The number of carbonyl (C=O) groups is 1. The summed E-state index contributed by atoms with van der Waals surface area (Å²) in [4.78, 5) is 24.3. The molecule has 0 radical (unpaired) electrons. The van der Waals surface area contributed by atoms with E-state index in [1.54, 1.807) is 18.2 Å². The molecule has 6 heteroatoms. The van der Waals surface area contributed by atoms with Crippen molar-refractivity contribution >= 4 is 16.9 Å². The Morgan fingerprint density at radius 2 is 1.61 bits per heavy atom. The Morgan fingerprint density at radius 3 is 2.30 bits per heavy atom. The third-order valence-corrected chi connectivity index (χ3v) is 5.24. The highest BCUT2D eigenvalue weighted by Gasteiger charge is 2.21. The van der Waals surface area contributed by atoms with Gasteiger partial charge in [-0.3, -0.25) is 4.79 Å². The molecule has 0 unspecified atom stereocenters. The van der Waals surface area contributed by atoms with Crippen LogP contribution >= 0.6 is 0 Å². The van der Waals surface area contributed by atoms with Crippen LogP contribution in [0.3, 0.4) is 0 Å². The van der Waals surface area contributed by atoms with Crippen molar-refractivity contribution < 1.29 is 23.4 Å². The monoisotopic (exact) mass is 458 g/mol. The molecule has 2 rings (SSSR count). The minimum absolute atomic E-state index is 0.0200.